The molecule has 3 nitrogen and oxygen atoms in total. The standard InChI is InChI=1S/C16H25NO2/c1-19-15-9-7-13(8-10-15)11-17-16-6-4-2-3-5-14(16)12-18/h7-10,14,16-18H,2-6,11-12H2,1H3. The van der Waals surface area contributed by atoms with E-state index in [-0.39, 0.29) is 0 Å². The lowest BCUT2D eigenvalue weighted by Gasteiger charge is -2.24. The minimum absolute atomic E-state index is 0.306. The molecule has 0 aromatic heterocycles. The van der Waals surface area contributed by atoms with E-state index in [1.165, 1.54) is 31.2 Å². The highest BCUT2D eigenvalue weighted by molar-refractivity contribution is 5.27. The van der Waals surface area contributed by atoms with Crippen LogP contribution in [0.1, 0.15) is 37.7 Å². The Morgan fingerprint density at radius 2 is 1.89 bits per heavy atom. The van der Waals surface area contributed by atoms with E-state index in [0.717, 1.165) is 18.7 Å². The molecule has 2 N–H and O–H groups in total. The van der Waals surface area contributed by atoms with Gasteiger partial charge in [0.05, 0.1) is 7.11 Å². The Morgan fingerprint density at radius 1 is 1.16 bits per heavy atom. The molecule has 2 unspecified atom stereocenters. The molecule has 3 heteroatoms. The summed E-state index contributed by atoms with van der Waals surface area (Å²) >= 11 is 0. The van der Waals surface area contributed by atoms with Crippen LogP contribution < -0.4 is 10.1 Å². The van der Waals surface area contributed by atoms with Crippen molar-refractivity contribution in [1.29, 1.82) is 0 Å². The number of nitrogens with one attached hydrogen (secondary N) is 1. The first-order valence-electron chi connectivity index (χ1n) is 7.30. The number of aliphatic hydroxyl groups excluding tert-OH is 1. The summed E-state index contributed by atoms with van der Waals surface area (Å²) in [5.74, 6) is 1.31. The zero-order chi connectivity index (χ0) is 13.5. The number of ether oxygens (including phenoxy) is 1. The normalized spacial score (nSPS) is 23.9. The molecule has 1 aliphatic rings. The molecule has 0 aliphatic heterocycles. The summed E-state index contributed by atoms with van der Waals surface area (Å²) in [6.45, 7) is 1.17. The van der Waals surface area contributed by atoms with Crippen LogP contribution in [0.4, 0.5) is 0 Å². The van der Waals surface area contributed by atoms with Gasteiger partial charge >= 0.3 is 0 Å². The Balaban J connectivity index is 1.88. The summed E-state index contributed by atoms with van der Waals surface area (Å²) in [7, 11) is 1.69. The van der Waals surface area contributed by atoms with Gasteiger partial charge in [0.25, 0.3) is 0 Å². The maximum absolute atomic E-state index is 9.50. The van der Waals surface area contributed by atoms with Crippen LogP contribution in [0.3, 0.4) is 0 Å². The topological polar surface area (TPSA) is 41.5 Å². The van der Waals surface area contributed by atoms with E-state index in [2.05, 4.69) is 17.4 Å². The number of rotatable bonds is 5. The van der Waals surface area contributed by atoms with Gasteiger partial charge in [-0.25, -0.2) is 0 Å². The van der Waals surface area contributed by atoms with Crippen LogP contribution in [0, 0.1) is 5.92 Å². The van der Waals surface area contributed by atoms with Gasteiger partial charge in [-0.05, 0) is 36.5 Å². The lowest BCUT2D eigenvalue weighted by molar-refractivity contribution is 0.181. The van der Waals surface area contributed by atoms with Gasteiger partial charge in [0, 0.05) is 19.2 Å². The highest BCUT2D eigenvalue weighted by Crippen LogP contribution is 2.23. The molecule has 0 amide bonds. The first kappa shape index (κ1) is 14.4. The van der Waals surface area contributed by atoms with Crippen molar-refractivity contribution in [3.05, 3.63) is 29.8 Å². The zero-order valence-electron chi connectivity index (χ0n) is 11.8. The van der Waals surface area contributed by atoms with E-state index >= 15 is 0 Å². The van der Waals surface area contributed by atoms with Crippen LogP contribution in [-0.2, 0) is 6.54 Å². The van der Waals surface area contributed by atoms with Crippen LogP contribution in [0.5, 0.6) is 5.75 Å². The van der Waals surface area contributed by atoms with Crippen LogP contribution in [0.25, 0.3) is 0 Å². The molecule has 1 aromatic rings. The number of methoxy groups -OCH3 is 1. The SMILES string of the molecule is COc1ccc(CNC2CCCCCC2CO)cc1. The fourth-order valence-corrected chi connectivity index (χ4v) is 2.86. The van der Waals surface area contributed by atoms with E-state index in [1.807, 2.05) is 12.1 Å². The third kappa shape index (κ3) is 4.22. The molecule has 2 rings (SSSR count). The van der Waals surface area contributed by atoms with Crippen molar-refractivity contribution in [2.45, 2.75) is 44.7 Å². The Bertz CT molecular complexity index is 364. The van der Waals surface area contributed by atoms with Gasteiger partial charge in [-0.2, -0.15) is 0 Å². The Labute approximate surface area is 116 Å². The average Bonchev–Trinajstić information content (AvgIpc) is 2.70. The summed E-state index contributed by atoms with van der Waals surface area (Å²) in [5, 5.41) is 13.1. The maximum Gasteiger partial charge on any atom is 0.118 e. The molecule has 0 bridgehead atoms. The monoisotopic (exact) mass is 263 g/mol. The molecule has 1 saturated carbocycles. The minimum Gasteiger partial charge on any atom is -0.497 e. The molecule has 0 heterocycles. The van der Waals surface area contributed by atoms with Crippen molar-refractivity contribution >= 4 is 0 Å². The van der Waals surface area contributed by atoms with Crippen molar-refractivity contribution in [2.75, 3.05) is 13.7 Å². The summed E-state index contributed by atoms with van der Waals surface area (Å²) in [6, 6.07) is 8.63. The molecule has 1 fully saturated rings. The molecular weight excluding hydrogens is 238 g/mol. The quantitative estimate of drug-likeness (QED) is 0.803. The molecular formula is C16H25NO2. The summed E-state index contributed by atoms with van der Waals surface area (Å²) in [4.78, 5) is 0. The fourth-order valence-electron chi connectivity index (χ4n) is 2.86. The Morgan fingerprint density at radius 3 is 2.58 bits per heavy atom. The van der Waals surface area contributed by atoms with E-state index in [0.29, 0.717) is 18.6 Å². The molecule has 1 aromatic carbocycles. The average molecular weight is 263 g/mol. The second-order valence-electron chi connectivity index (χ2n) is 5.42. The van der Waals surface area contributed by atoms with Crippen LogP contribution >= 0.6 is 0 Å². The Kier molecular flexibility index (Phi) is 5.67. The van der Waals surface area contributed by atoms with Crippen molar-refractivity contribution in [1.82, 2.24) is 5.32 Å². The van der Waals surface area contributed by atoms with Crippen molar-refractivity contribution < 1.29 is 9.84 Å². The van der Waals surface area contributed by atoms with Crippen LogP contribution in [-0.4, -0.2) is 24.9 Å². The van der Waals surface area contributed by atoms with E-state index in [1.54, 1.807) is 7.11 Å². The second kappa shape index (κ2) is 7.51. The number of hydrogen-bond donors (Lipinski definition) is 2. The van der Waals surface area contributed by atoms with Gasteiger partial charge in [-0.15, -0.1) is 0 Å². The molecule has 0 saturated heterocycles. The van der Waals surface area contributed by atoms with Crippen molar-refractivity contribution in [2.24, 2.45) is 5.92 Å². The minimum atomic E-state index is 0.306. The van der Waals surface area contributed by atoms with Gasteiger partial charge in [0.1, 0.15) is 5.75 Å². The molecule has 19 heavy (non-hydrogen) atoms. The number of hydrogen-bond acceptors (Lipinski definition) is 3. The molecule has 0 radical (unpaired) electrons. The summed E-state index contributed by atoms with van der Waals surface area (Å²) in [5.41, 5.74) is 1.27. The van der Waals surface area contributed by atoms with Crippen LogP contribution in [0.2, 0.25) is 0 Å². The first-order chi connectivity index (χ1) is 9.33. The molecule has 0 spiro atoms. The highest BCUT2D eigenvalue weighted by atomic mass is 16.5. The first-order valence-corrected chi connectivity index (χ1v) is 7.30. The van der Waals surface area contributed by atoms with Gasteiger partial charge < -0.3 is 15.2 Å². The summed E-state index contributed by atoms with van der Waals surface area (Å²) in [6.07, 6.45) is 6.16. The second-order valence-corrected chi connectivity index (χ2v) is 5.42. The summed E-state index contributed by atoms with van der Waals surface area (Å²) < 4.78 is 5.16. The molecule has 1 aliphatic carbocycles. The maximum atomic E-state index is 9.50. The van der Waals surface area contributed by atoms with Crippen molar-refractivity contribution in [3.8, 4) is 5.75 Å². The predicted octanol–water partition coefficient (Wildman–Crippen LogP) is 2.73. The van der Waals surface area contributed by atoms with Gasteiger partial charge in [-0.1, -0.05) is 31.4 Å². The van der Waals surface area contributed by atoms with Crippen LogP contribution in [0.15, 0.2) is 24.3 Å². The third-order valence-corrected chi connectivity index (χ3v) is 4.12. The van der Waals surface area contributed by atoms with E-state index < -0.39 is 0 Å². The zero-order valence-corrected chi connectivity index (χ0v) is 11.8. The van der Waals surface area contributed by atoms with Gasteiger partial charge in [-0.3, -0.25) is 0 Å². The number of aliphatic hydroxyl groups is 1. The highest BCUT2D eigenvalue weighted by Gasteiger charge is 2.22. The lowest BCUT2D eigenvalue weighted by atomic mass is 9.95. The van der Waals surface area contributed by atoms with Crippen molar-refractivity contribution in [3.63, 3.8) is 0 Å². The molecule has 106 valence electrons. The lowest BCUT2D eigenvalue weighted by Crippen LogP contribution is -2.36. The van der Waals surface area contributed by atoms with Gasteiger partial charge in [0.15, 0.2) is 0 Å². The third-order valence-electron chi connectivity index (χ3n) is 4.12. The predicted molar refractivity (Wildman–Crippen MR) is 77.3 cm³/mol. The smallest absolute Gasteiger partial charge is 0.118 e. The fraction of sp³-hybridized carbons (Fsp3) is 0.625. The largest absolute Gasteiger partial charge is 0.497 e. The molecule has 2 atom stereocenters. The van der Waals surface area contributed by atoms with E-state index in [9.17, 15) is 5.11 Å². The number of benzene rings is 1. The van der Waals surface area contributed by atoms with Gasteiger partial charge in [0.2, 0.25) is 0 Å². The van der Waals surface area contributed by atoms with E-state index in [4.69, 9.17) is 4.74 Å². The Hall–Kier alpha value is -1.06.